The van der Waals surface area contributed by atoms with Crippen LogP contribution in [0.15, 0.2) is 24.3 Å². The number of carbonyl (C=O) groups is 2. The number of carbonyl (C=O) groups excluding carboxylic acids is 1. The van der Waals surface area contributed by atoms with Crippen LogP contribution < -0.4 is 5.32 Å². The van der Waals surface area contributed by atoms with Gasteiger partial charge in [-0.1, -0.05) is 12.1 Å². The van der Waals surface area contributed by atoms with Crippen LogP contribution in [-0.4, -0.2) is 33.5 Å². The van der Waals surface area contributed by atoms with Gasteiger partial charge in [-0.25, -0.2) is 4.98 Å². The highest BCUT2D eigenvalue weighted by molar-refractivity contribution is 5.94. The third-order valence-corrected chi connectivity index (χ3v) is 4.46. The van der Waals surface area contributed by atoms with Gasteiger partial charge in [0.2, 0.25) is 0 Å². The topological polar surface area (TPSA) is 95.1 Å². The molecule has 138 valence electrons. The molecule has 1 aromatic heterocycles. The molecule has 0 saturated heterocycles. The Hall–Kier alpha value is -2.84. The number of rotatable bonds is 5. The minimum atomic E-state index is -4.48. The predicted molar refractivity (Wildman–Crippen MR) is 85.4 cm³/mol. The Balaban J connectivity index is 1.79. The molecule has 0 spiro atoms. The zero-order valence-corrected chi connectivity index (χ0v) is 13.8. The first-order valence-electron chi connectivity index (χ1n) is 7.88. The van der Waals surface area contributed by atoms with Gasteiger partial charge in [0.15, 0.2) is 0 Å². The third-order valence-electron chi connectivity index (χ3n) is 4.46. The monoisotopic (exact) mass is 367 g/mol. The summed E-state index contributed by atoms with van der Waals surface area (Å²) in [4.78, 5) is 30.3. The van der Waals surface area contributed by atoms with Crippen molar-refractivity contribution in [2.24, 2.45) is 5.41 Å². The predicted octanol–water partition coefficient (Wildman–Crippen LogP) is 3.00. The van der Waals surface area contributed by atoms with Crippen molar-refractivity contribution in [2.75, 3.05) is 6.54 Å². The Kier molecular flexibility index (Phi) is 4.25. The lowest BCUT2D eigenvalue weighted by atomic mass is 10.1. The summed E-state index contributed by atoms with van der Waals surface area (Å²) < 4.78 is 38.5. The number of aromatic amines is 1. The summed E-state index contributed by atoms with van der Waals surface area (Å²) in [5.41, 5.74) is -1.11. The number of aliphatic carboxylic acids is 1. The van der Waals surface area contributed by atoms with Gasteiger partial charge >= 0.3 is 12.1 Å². The van der Waals surface area contributed by atoms with Crippen molar-refractivity contribution in [3.05, 3.63) is 41.2 Å². The van der Waals surface area contributed by atoms with Crippen LogP contribution in [0.5, 0.6) is 0 Å². The normalized spacial score (nSPS) is 15.5. The van der Waals surface area contributed by atoms with Crippen LogP contribution in [0.25, 0.3) is 11.4 Å². The van der Waals surface area contributed by atoms with Crippen molar-refractivity contribution in [3.8, 4) is 11.4 Å². The van der Waals surface area contributed by atoms with Gasteiger partial charge in [-0.2, -0.15) is 13.2 Å². The largest absolute Gasteiger partial charge is 0.481 e. The van der Waals surface area contributed by atoms with Crippen molar-refractivity contribution in [3.63, 3.8) is 0 Å². The number of imidazole rings is 1. The molecule has 0 unspecified atom stereocenters. The third kappa shape index (κ3) is 3.42. The van der Waals surface area contributed by atoms with Gasteiger partial charge in [0.05, 0.1) is 11.0 Å². The zero-order valence-electron chi connectivity index (χ0n) is 13.8. The quantitative estimate of drug-likeness (QED) is 0.757. The molecular weight excluding hydrogens is 351 g/mol. The number of alkyl halides is 3. The van der Waals surface area contributed by atoms with Crippen LogP contribution >= 0.6 is 0 Å². The van der Waals surface area contributed by atoms with Gasteiger partial charge in [-0.3, -0.25) is 9.59 Å². The fraction of sp³-hybridized carbons (Fsp3) is 0.353. The van der Waals surface area contributed by atoms with Gasteiger partial charge in [0, 0.05) is 17.8 Å². The fourth-order valence-corrected chi connectivity index (χ4v) is 2.61. The standard InChI is InChI=1S/C17H16F3N3O3/c1-9-12(14(24)21-8-16(5-6-16)15(25)26)23-13(22-9)10-3-2-4-11(7-10)17(18,19)20/h2-4,7H,5-6,8H2,1H3,(H,21,24)(H,22,23)(H,25,26). The minimum absolute atomic E-state index is 0.00758. The van der Waals surface area contributed by atoms with Crippen molar-refractivity contribution < 1.29 is 27.9 Å². The highest BCUT2D eigenvalue weighted by Gasteiger charge is 2.50. The molecule has 9 heteroatoms. The molecule has 1 aromatic carbocycles. The van der Waals surface area contributed by atoms with E-state index in [2.05, 4.69) is 15.3 Å². The van der Waals surface area contributed by atoms with E-state index < -0.39 is 29.0 Å². The molecular formula is C17H16F3N3O3. The second kappa shape index (κ2) is 6.15. The Labute approximate surface area is 146 Å². The maximum atomic E-state index is 12.8. The zero-order chi connectivity index (χ0) is 19.1. The lowest BCUT2D eigenvalue weighted by Crippen LogP contribution is -2.34. The van der Waals surface area contributed by atoms with Crippen LogP contribution in [0.3, 0.4) is 0 Å². The minimum Gasteiger partial charge on any atom is -0.481 e. The molecule has 2 aromatic rings. The molecule has 6 nitrogen and oxygen atoms in total. The highest BCUT2D eigenvalue weighted by atomic mass is 19.4. The van der Waals surface area contributed by atoms with Gasteiger partial charge in [0.1, 0.15) is 11.5 Å². The van der Waals surface area contributed by atoms with E-state index in [-0.39, 0.29) is 23.6 Å². The summed E-state index contributed by atoms with van der Waals surface area (Å²) in [5, 5.41) is 11.7. The molecule has 1 fully saturated rings. The second-order valence-corrected chi connectivity index (χ2v) is 6.41. The summed E-state index contributed by atoms with van der Waals surface area (Å²) in [6, 6.07) is 4.62. The molecule has 0 radical (unpaired) electrons. The molecule has 1 amide bonds. The van der Waals surface area contributed by atoms with E-state index in [1.165, 1.54) is 12.1 Å². The number of H-pyrrole nitrogens is 1. The number of aryl methyl sites for hydroxylation is 1. The molecule has 26 heavy (non-hydrogen) atoms. The Morgan fingerprint density at radius 3 is 2.62 bits per heavy atom. The lowest BCUT2D eigenvalue weighted by molar-refractivity contribution is -0.143. The van der Waals surface area contributed by atoms with E-state index in [9.17, 15) is 22.8 Å². The molecule has 0 bridgehead atoms. The number of hydrogen-bond donors (Lipinski definition) is 3. The summed E-state index contributed by atoms with van der Waals surface area (Å²) in [6.45, 7) is 1.56. The van der Waals surface area contributed by atoms with Gasteiger partial charge < -0.3 is 15.4 Å². The van der Waals surface area contributed by atoms with E-state index in [1.807, 2.05) is 0 Å². The number of nitrogens with one attached hydrogen (secondary N) is 2. The molecule has 3 rings (SSSR count). The lowest BCUT2D eigenvalue weighted by Gasteiger charge is -2.10. The fourth-order valence-electron chi connectivity index (χ4n) is 2.61. The van der Waals surface area contributed by atoms with E-state index in [1.54, 1.807) is 6.92 Å². The molecule has 0 atom stereocenters. The van der Waals surface area contributed by atoms with E-state index in [0.717, 1.165) is 12.1 Å². The van der Waals surface area contributed by atoms with Crippen molar-refractivity contribution in [2.45, 2.75) is 25.9 Å². The maximum Gasteiger partial charge on any atom is 0.416 e. The number of nitrogens with zero attached hydrogens (tertiary/aromatic N) is 1. The van der Waals surface area contributed by atoms with E-state index >= 15 is 0 Å². The van der Waals surface area contributed by atoms with E-state index in [4.69, 9.17) is 5.11 Å². The number of halogens is 3. The smallest absolute Gasteiger partial charge is 0.416 e. The van der Waals surface area contributed by atoms with Crippen LogP contribution in [0.1, 0.15) is 34.6 Å². The molecule has 3 N–H and O–H groups in total. The van der Waals surface area contributed by atoms with Crippen LogP contribution in [0, 0.1) is 12.3 Å². The molecule has 1 heterocycles. The first kappa shape index (κ1) is 18.0. The maximum absolute atomic E-state index is 12.8. The molecule has 1 saturated carbocycles. The number of benzene rings is 1. The molecule has 1 aliphatic carbocycles. The van der Waals surface area contributed by atoms with Gasteiger partial charge in [-0.15, -0.1) is 0 Å². The average Bonchev–Trinajstić information content (AvgIpc) is 3.28. The Bertz CT molecular complexity index is 870. The van der Waals surface area contributed by atoms with Crippen LogP contribution in [0.4, 0.5) is 13.2 Å². The van der Waals surface area contributed by atoms with Gasteiger partial charge in [0.25, 0.3) is 5.91 Å². The summed E-state index contributed by atoms with van der Waals surface area (Å²) in [6.07, 6.45) is -3.48. The molecule has 1 aliphatic rings. The number of hydrogen-bond acceptors (Lipinski definition) is 3. The summed E-state index contributed by atoms with van der Waals surface area (Å²) in [7, 11) is 0. The number of carboxylic acids is 1. The number of amides is 1. The van der Waals surface area contributed by atoms with Gasteiger partial charge in [-0.05, 0) is 31.9 Å². The average molecular weight is 367 g/mol. The van der Waals surface area contributed by atoms with Crippen LogP contribution in [0.2, 0.25) is 0 Å². The summed E-state index contributed by atoms with van der Waals surface area (Å²) in [5.74, 6) is -1.39. The number of aromatic nitrogens is 2. The van der Waals surface area contributed by atoms with Crippen molar-refractivity contribution >= 4 is 11.9 Å². The molecule has 0 aliphatic heterocycles. The van der Waals surface area contributed by atoms with Crippen LogP contribution in [-0.2, 0) is 11.0 Å². The number of carboxylic acid groups (broad SMARTS) is 1. The SMILES string of the molecule is Cc1[nH]c(-c2cccc(C(F)(F)F)c2)nc1C(=O)NCC1(C(=O)O)CC1. The Morgan fingerprint density at radius 2 is 2.04 bits per heavy atom. The van der Waals surface area contributed by atoms with Crippen molar-refractivity contribution in [1.29, 1.82) is 0 Å². The highest BCUT2D eigenvalue weighted by Crippen LogP contribution is 2.45. The first-order valence-corrected chi connectivity index (χ1v) is 7.88. The summed E-state index contributed by atoms with van der Waals surface area (Å²) >= 11 is 0. The first-order chi connectivity index (χ1) is 12.1. The van der Waals surface area contributed by atoms with Crippen molar-refractivity contribution in [1.82, 2.24) is 15.3 Å². The Morgan fingerprint density at radius 1 is 1.35 bits per heavy atom. The second-order valence-electron chi connectivity index (χ2n) is 6.41. The van der Waals surface area contributed by atoms with E-state index in [0.29, 0.717) is 18.5 Å².